The molecule has 0 atom stereocenters. The highest BCUT2D eigenvalue weighted by Gasteiger charge is 2.03. The molecule has 0 aromatic heterocycles. The van der Waals surface area contributed by atoms with Gasteiger partial charge in [0.1, 0.15) is 24.8 Å². The van der Waals surface area contributed by atoms with Crippen molar-refractivity contribution in [1.82, 2.24) is 10.9 Å². The Balaban J connectivity index is 1.61. The van der Waals surface area contributed by atoms with Crippen molar-refractivity contribution in [2.75, 3.05) is 13.2 Å². The normalized spacial score (nSPS) is 11.0. The van der Waals surface area contributed by atoms with Crippen molar-refractivity contribution in [3.8, 4) is 0 Å². The summed E-state index contributed by atoms with van der Waals surface area (Å²) in [5.41, 5.74) is 5.63. The van der Waals surface area contributed by atoms with Gasteiger partial charge in [-0.1, -0.05) is 24.3 Å². The molecule has 2 rings (SSSR count). The van der Waals surface area contributed by atoms with Gasteiger partial charge in [-0.3, -0.25) is 9.59 Å². The topological polar surface area (TPSA) is 92.2 Å². The van der Waals surface area contributed by atoms with E-state index in [1.165, 1.54) is 61.0 Å². The Bertz CT molecular complexity index is 752. The van der Waals surface area contributed by atoms with Crippen LogP contribution in [0.2, 0.25) is 0 Å². The third kappa shape index (κ3) is 7.97. The summed E-state index contributed by atoms with van der Waals surface area (Å²) >= 11 is 0. The van der Waals surface area contributed by atoms with Crippen LogP contribution < -0.4 is 10.9 Å². The first-order valence-electron chi connectivity index (χ1n) is 7.75. The van der Waals surface area contributed by atoms with Crippen LogP contribution in [0, 0.1) is 11.6 Å². The van der Waals surface area contributed by atoms with Crippen LogP contribution in [0.1, 0.15) is 11.1 Å². The minimum Gasteiger partial charge on any atom is -0.362 e. The smallest absolute Gasteiger partial charge is 0.266 e. The molecule has 0 aliphatic carbocycles. The fourth-order valence-corrected chi connectivity index (χ4v) is 1.76. The van der Waals surface area contributed by atoms with Gasteiger partial charge in [-0.05, 0) is 35.4 Å². The lowest BCUT2D eigenvalue weighted by Crippen LogP contribution is -2.28. The van der Waals surface area contributed by atoms with Gasteiger partial charge in [0.15, 0.2) is 0 Å². The van der Waals surface area contributed by atoms with Crippen LogP contribution in [0.4, 0.5) is 8.78 Å². The van der Waals surface area contributed by atoms with E-state index in [9.17, 15) is 18.4 Å². The maximum Gasteiger partial charge on any atom is 0.266 e. The van der Waals surface area contributed by atoms with Crippen LogP contribution in [0.15, 0.2) is 58.7 Å². The number of nitrogens with one attached hydrogen (secondary N) is 2. The Kier molecular flexibility index (Phi) is 7.73. The number of carbonyl (C=O) groups excluding carboxylic acids is 2. The number of halogens is 2. The van der Waals surface area contributed by atoms with Gasteiger partial charge >= 0.3 is 0 Å². The third-order valence-corrected chi connectivity index (χ3v) is 3.01. The van der Waals surface area contributed by atoms with Crippen molar-refractivity contribution in [2.24, 2.45) is 10.2 Å². The molecule has 0 unspecified atom stereocenters. The van der Waals surface area contributed by atoms with Gasteiger partial charge in [-0.15, -0.1) is 0 Å². The van der Waals surface area contributed by atoms with Gasteiger partial charge in [0.2, 0.25) is 0 Å². The van der Waals surface area contributed by atoms with Gasteiger partial charge < -0.3 is 4.74 Å². The van der Waals surface area contributed by atoms with E-state index >= 15 is 0 Å². The zero-order valence-electron chi connectivity index (χ0n) is 14.1. The molecular formula is C18H16F2N4O3. The highest BCUT2D eigenvalue weighted by molar-refractivity contribution is 5.84. The molecular weight excluding hydrogens is 358 g/mol. The molecule has 2 aromatic carbocycles. The second kappa shape index (κ2) is 10.5. The monoisotopic (exact) mass is 374 g/mol. The molecule has 0 aliphatic rings. The first-order chi connectivity index (χ1) is 13.0. The van der Waals surface area contributed by atoms with Crippen LogP contribution in [0.3, 0.4) is 0 Å². The van der Waals surface area contributed by atoms with E-state index in [0.717, 1.165) is 0 Å². The molecule has 2 aromatic rings. The van der Waals surface area contributed by atoms with Crippen molar-refractivity contribution in [1.29, 1.82) is 0 Å². The van der Waals surface area contributed by atoms with Crippen molar-refractivity contribution in [3.63, 3.8) is 0 Å². The third-order valence-electron chi connectivity index (χ3n) is 3.01. The van der Waals surface area contributed by atoms with E-state index < -0.39 is 11.8 Å². The molecule has 0 fully saturated rings. The van der Waals surface area contributed by atoms with Crippen molar-refractivity contribution in [3.05, 3.63) is 71.3 Å². The summed E-state index contributed by atoms with van der Waals surface area (Å²) in [6, 6.07) is 11.1. The lowest BCUT2D eigenvalue weighted by molar-refractivity contribution is -0.130. The Morgan fingerprint density at radius 1 is 0.778 bits per heavy atom. The van der Waals surface area contributed by atoms with Gasteiger partial charge in [0, 0.05) is 0 Å². The Labute approximate surface area is 153 Å². The fraction of sp³-hybridized carbons (Fsp3) is 0.111. The lowest BCUT2D eigenvalue weighted by Gasteiger charge is -2.02. The first kappa shape index (κ1) is 19.9. The van der Waals surface area contributed by atoms with E-state index in [-0.39, 0.29) is 24.8 Å². The average molecular weight is 374 g/mol. The van der Waals surface area contributed by atoms with Crippen LogP contribution in [-0.4, -0.2) is 37.5 Å². The van der Waals surface area contributed by atoms with Crippen LogP contribution in [0.25, 0.3) is 0 Å². The van der Waals surface area contributed by atoms with E-state index in [0.29, 0.717) is 11.1 Å². The number of hydrogen-bond acceptors (Lipinski definition) is 5. The first-order valence-corrected chi connectivity index (χ1v) is 7.75. The Morgan fingerprint density at radius 3 is 1.52 bits per heavy atom. The summed E-state index contributed by atoms with van der Waals surface area (Å²) in [4.78, 5) is 23.0. The predicted molar refractivity (Wildman–Crippen MR) is 95.1 cm³/mol. The summed E-state index contributed by atoms with van der Waals surface area (Å²) in [7, 11) is 0. The number of benzene rings is 2. The quantitative estimate of drug-likeness (QED) is 0.543. The highest BCUT2D eigenvalue weighted by atomic mass is 19.1. The molecule has 140 valence electrons. The van der Waals surface area contributed by atoms with Crippen LogP contribution in [0.5, 0.6) is 0 Å². The maximum atomic E-state index is 12.7. The number of hydrogen-bond donors (Lipinski definition) is 2. The summed E-state index contributed by atoms with van der Waals surface area (Å²) in [6.07, 6.45) is 2.68. The number of hydrazone groups is 2. The SMILES string of the molecule is O=C(COCC(=O)N/N=C\c1ccc(F)cc1)N/N=C\c1ccc(F)cc1. The molecule has 0 spiro atoms. The van der Waals surface area contributed by atoms with E-state index in [1.807, 2.05) is 0 Å². The molecule has 2 amide bonds. The number of carbonyl (C=O) groups is 2. The molecule has 0 radical (unpaired) electrons. The largest absolute Gasteiger partial charge is 0.362 e. The molecule has 0 saturated heterocycles. The maximum absolute atomic E-state index is 12.7. The van der Waals surface area contributed by atoms with Crippen molar-refractivity contribution in [2.45, 2.75) is 0 Å². The Hall–Kier alpha value is -3.46. The van der Waals surface area contributed by atoms with Gasteiger partial charge in [0.05, 0.1) is 12.4 Å². The van der Waals surface area contributed by atoms with E-state index in [2.05, 4.69) is 21.1 Å². The Morgan fingerprint density at radius 2 is 1.15 bits per heavy atom. The molecule has 27 heavy (non-hydrogen) atoms. The van der Waals surface area contributed by atoms with E-state index in [4.69, 9.17) is 4.74 Å². The number of ether oxygens (including phenoxy) is 1. The van der Waals surface area contributed by atoms with Gasteiger partial charge in [-0.25, -0.2) is 19.6 Å². The van der Waals surface area contributed by atoms with Gasteiger partial charge in [-0.2, -0.15) is 10.2 Å². The van der Waals surface area contributed by atoms with E-state index in [1.54, 1.807) is 0 Å². The average Bonchev–Trinajstić information content (AvgIpc) is 2.65. The molecule has 2 N–H and O–H groups in total. The molecule has 0 heterocycles. The number of rotatable bonds is 8. The zero-order chi connectivity index (χ0) is 19.5. The molecule has 0 bridgehead atoms. The van der Waals surface area contributed by atoms with Gasteiger partial charge in [0.25, 0.3) is 11.8 Å². The minimum absolute atomic E-state index is 0.370. The zero-order valence-corrected chi connectivity index (χ0v) is 14.1. The van der Waals surface area contributed by atoms with Crippen LogP contribution >= 0.6 is 0 Å². The predicted octanol–water partition coefficient (Wildman–Crippen LogP) is 1.58. The molecule has 7 nitrogen and oxygen atoms in total. The summed E-state index contributed by atoms with van der Waals surface area (Å²) in [6.45, 7) is -0.758. The highest BCUT2D eigenvalue weighted by Crippen LogP contribution is 2.00. The van der Waals surface area contributed by atoms with Crippen molar-refractivity contribution < 1.29 is 23.1 Å². The number of amides is 2. The fourth-order valence-electron chi connectivity index (χ4n) is 1.76. The summed E-state index contributed by atoms with van der Waals surface area (Å²) in [5, 5.41) is 7.36. The molecule has 0 aliphatic heterocycles. The number of nitrogens with zero attached hydrogens (tertiary/aromatic N) is 2. The second-order valence-corrected chi connectivity index (χ2v) is 5.18. The van der Waals surface area contributed by atoms with Crippen molar-refractivity contribution >= 4 is 24.2 Å². The standard InChI is InChI=1S/C18H16F2N4O3/c19-15-5-1-13(2-6-15)9-21-23-17(25)11-27-12-18(26)24-22-10-14-3-7-16(20)8-4-14/h1-10H,11-12H2,(H,23,25)(H,24,26)/b21-9-,22-10-. The minimum atomic E-state index is -0.559. The second-order valence-electron chi connectivity index (χ2n) is 5.18. The lowest BCUT2D eigenvalue weighted by atomic mass is 10.2. The van der Waals surface area contributed by atoms with Crippen LogP contribution in [-0.2, 0) is 14.3 Å². The molecule has 0 saturated carbocycles. The summed E-state index contributed by atoms with van der Waals surface area (Å²) in [5.74, 6) is -1.86. The molecule has 9 heteroatoms. The summed E-state index contributed by atoms with van der Waals surface area (Å²) < 4.78 is 30.4.